The number of nitrogens with zero attached hydrogens (tertiary/aromatic N) is 1. The molecule has 2 rings (SSSR count). The first-order chi connectivity index (χ1) is 12.2. The Hall–Kier alpha value is -1.44. The molecule has 1 saturated heterocycles. The summed E-state index contributed by atoms with van der Waals surface area (Å²) in [6, 6.07) is 6.44. The third kappa shape index (κ3) is 5.53. The van der Waals surface area contributed by atoms with Gasteiger partial charge in [0.15, 0.2) is 9.84 Å². The molecule has 1 fully saturated rings. The molecule has 3 unspecified atom stereocenters. The van der Waals surface area contributed by atoms with Crippen molar-refractivity contribution in [3.63, 3.8) is 0 Å². The summed E-state index contributed by atoms with van der Waals surface area (Å²) < 4.78 is 34.5. The Kier molecular flexibility index (Phi) is 7.20. The molecule has 0 radical (unpaired) electrons. The van der Waals surface area contributed by atoms with E-state index in [0.29, 0.717) is 6.61 Å². The van der Waals surface area contributed by atoms with Crippen molar-refractivity contribution < 1.29 is 22.7 Å². The van der Waals surface area contributed by atoms with Crippen molar-refractivity contribution in [3.05, 3.63) is 29.8 Å². The first kappa shape index (κ1) is 20.9. The number of amides is 1. The van der Waals surface area contributed by atoms with E-state index in [0.717, 1.165) is 31.4 Å². The summed E-state index contributed by atoms with van der Waals surface area (Å²) in [5.74, 6) is -0.111. The van der Waals surface area contributed by atoms with Gasteiger partial charge >= 0.3 is 0 Å². The largest absolute Gasteiger partial charge is 0.376 e. The van der Waals surface area contributed by atoms with Gasteiger partial charge in [0.2, 0.25) is 0 Å². The van der Waals surface area contributed by atoms with Gasteiger partial charge in [-0.05, 0) is 50.8 Å². The highest BCUT2D eigenvalue weighted by Crippen LogP contribution is 2.22. The molecule has 0 saturated carbocycles. The van der Waals surface area contributed by atoms with Gasteiger partial charge in [0, 0.05) is 19.9 Å². The molecular formula is C19H29NO5S. The van der Waals surface area contributed by atoms with Gasteiger partial charge in [0.05, 0.1) is 23.6 Å². The number of carbonyl (C=O) groups is 1. The van der Waals surface area contributed by atoms with Crippen LogP contribution in [0.4, 0.5) is 0 Å². The van der Waals surface area contributed by atoms with E-state index >= 15 is 0 Å². The number of sulfone groups is 1. The van der Waals surface area contributed by atoms with Gasteiger partial charge in [0.25, 0.3) is 5.91 Å². The molecular weight excluding hydrogens is 354 g/mol. The lowest BCUT2D eigenvalue weighted by Gasteiger charge is -2.29. The fourth-order valence-corrected chi connectivity index (χ4v) is 3.59. The van der Waals surface area contributed by atoms with E-state index in [4.69, 9.17) is 9.47 Å². The van der Waals surface area contributed by atoms with Crippen LogP contribution in [-0.4, -0.2) is 58.0 Å². The molecule has 1 aromatic rings. The van der Waals surface area contributed by atoms with E-state index in [-0.39, 0.29) is 22.9 Å². The van der Waals surface area contributed by atoms with Gasteiger partial charge in [-0.2, -0.15) is 0 Å². The van der Waals surface area contributed by atoms with Crippen LogP contribution in [0.15, 0.2) is 29.2 Å². The quantitative estimate of drug-likeness (QED) is 0.724. The molecule has 1 amide bonds. The summed E-state index contributed by atoms with van der Waals surface area (Å²) in [7, 11) is -1.50. The number of hydrogen-bond acceptors (Lipinski definition) is 5. The monoisotopic (exact) mass is 383 g/mol. The molecule has 0 aliphatic carbocycles. The Morgan fingerprint density at radius 3 is 2.46 bits per heavy atom. The molecule has 6 nitrogen and oxygen atoms in total. The summed E-state index contributed by atoms with van der Waals surface area (Å²) in [4.78, 5) is 14.5. The van der Waals surface area contributed by atoms with E-state index in [1.165, 1.54) is 6.26 Å². The van der Waals surface area contributed by atoms with Crippen molar-refractivity contribution in [2.75, 3.05) is 26.5 Å². The zero-order valence-electron chi connectivity index (χ0n) is 16.0. The number of likely N-dealkylation sites (N-methyl/N-ethyl adjacent to an activating group) is 1. The van der Waals surface area contributed by atoms with Crippen LogP contribution in [-0.2, 0) is 24.1 Å². The molecule has 26 heavy (non-hydrogen) atoms. The van der Waals surface area contributed by atoms with E-state index in [1.54, 1.807) is 43.1 Å². The van der Waals surface area contributed by atoms with Gasteiger partial charge in [-0.3, -0.25) is 4.79 Å². The van der Waals surface area contributed by atoms with Crippen LogP contribution in [0.5, 0.6) is 0 Å². The number of rotatable bonds is 7. The molecule has 3 atom stereocenters. The maximum atomic E-state index is 12.6. The molecule has 1 aliphatic heterocycles. The molecule has 1 heterocycles. The minimum atomic E-state index is -3.23. The molecule has 146 valence electrons. The molecule has 0 spiro atoms. The van der Waals surface area contributed by atoms with Crippen LogP contribution in [0, 0.1) is 0 Å². The van der Waals surface area contributed by atoms with Crippen molar-refractivity contribution in [1.82, 2.24) is 4.90 Å². The second-order valence-electron chi connectivity index (χ2n) is 6.93. The number of carbonyl (C=O) groups excluding carboxylic acids is 1. The Morgan fingerprint density at radius 2 is 1.92 bits per heavy atom. The maximum absolute atomic E-state index is 12.6. The van der Waals surface area contributed by atoms with Gasteiger partial charge in [-0.25, -0.2) is 8.42 Å². The lowest BCUT2D eigenvalue weighted by atomic mass is 10.1. The predicted octanol–water partition coefficient (Wildman–Crippen LogP) is 2.58. The van der Waals surface area contributed by atoms with Crippen LogP contribution < -0.4 is 0 Å². The second-order valence-corrected chi connectivity index (χ2v) is 8.95. The van der Waals surface area contributed by atoms with E-state index in [2.05, 4.69) is 0 Å². The summed E-state index contributed by atoms with van der Waals surface area (Å²) >= 11 is 0. The zero-order chi connectivity index (χ0) is 19.3. The fourth-order valence-electron chi connectivity index (χ4n) is 2.96. The third-order valence-corrected chi connectivity index (χ3v) is 6.00. The van der Waals surface area contributed by atoms with Crippen molar-refractivity contribution in [2.24, 2.45) is 0 Å². The highest BCUT2D eigenvalue weighted by Gasteiger charge is 2.25. The molecule has 0 bridgehead atoms. The van der Waals surface area contributed by atoms with Crippen LogP contribution in [0.2, 0.25) is 0 Å². The zero-order valence-corrected chi connectivity index (χ0v) is 16.8. The van der Waals surface area contributed by atoms with Gasteiger partial charge in [-0.1, -0.05) is 12.1 Å². The van der Waals surface area contributed by atoms with Gasteiger partial charge < -0.3 is 14.4 Å². The summed E-state index contributed by atoms with van der Waals surface area (Å²) in [6.07, 6.45) is 3.89. The second kappa shape index (κ2) is 8.97. The standard InChI is InChI=1S/C19H29NO5S/c1-14(16-8-10-18(11-9-16)26(4,22)23)20(3)19(21)15(2)25-13-17-7-5-6-12-24-17/h8-11,14-15,17H,5-7,12-13H2,1-4H3. The van der Waals surface area contributed by atoms with E-state index in [9.17, 15) is 13.2 Å². The van der Waals surface area contributed by atoms with Crippen molar-refractivity contribution >= 4 is 15.7 Å². The highest BCUT2D eigenvalue weighted by molar-refractivity contribution is 7.90. The fraction of sp³-hybridized carbons (Fsp3) is 0.632. The van der Waals surface area contributed by atoms with Crippen LogP contribution in [0.1, 0.15) is 44.7 Å². The Labute approximate surface area is 156 Å². The average Bonchev–Trinajstić information content (AvgIpc) is 2.64. The van der Waals surface area contributed by atoms with E-state index < -0.39 is 15.9 Å². The minimum Gasteiger partial charge on any atom is -0.376 e. The smallest absolute Gasteiger partial charge is 0.251 e. The Balaban J connectivity index is 1.93. The Morgan fingerprint density at radius 1 is 1.27 bits per heavy atom. The van der Waals surface area contributed by atoms with Crippen molar-refractivity contribution in [1.29, 1.82) is 0 Å². The number of benzene rings is 1. The Bertz CT molecular complexity index is 695. The molecule has 0 N–H and O–H groups in total. The highest BCUT2D eigenvalue weighted by atomic mass is 32.2. The molecule has 1 aromatic carbocycles. The lowest BCUT2D eigenvalue weighted by Crippen LogP contribution is -2.39. The minimum absolute atomic E-state index is 0.0743. The molecule has 0 aromatic heterocycles. The topological polar surface area (TPSA) is 72.9 Å². The molecule has 7 heteroatoms. The number of hydrogen-bond donors (Lipinski definition) is 0. The van der Waals surface area contributed by atoms with Gasteiger partial charge in [-0.15, -0.1) is 0 Å². The lowest BCUT2D eigenvalue weighted by molar-refractivity contribution is -0.146. The number of ether oxygens (including phenoxy) is 2. The van der Waals surface area contributed by atoms with Crippen LogP contribution in [0.3, 0.4) is 0 Å². The van der Waals surface area contributed by atoms with Crippen LogP contribution in [0.25, 0.3) is 0 Å². The predicted molar refractivity (Wildman–Crippen MR) is 99.7 cm³/mol. The van der Waals surface area contributed by atoms with Crippen LogP contribution >= 0.6 is 0 Å². The summed E-state index contributed by atoms with van der Waals surface area (Å²) in [5.41, 5.74) is 0.871. The average molecular weight is 384 g/mol. The first-order valence-corrected chi connectivity index (χ1v) is 10.9. The maximum Gasteiger partial charge on any atom is 0.251 e. The summed E-state index contributed by atoms with van der Waals surface area (Å²) in [5, 5.41) is 0. The normalized spacial score (nSPS) is 20.4. The SMILES string of the molecule is CC(OCC1CCCCO1)C(=O)N(C)C(C)c1ccc(S(C)(=O)=O)cc1. The van der Waals surface area contributed by atoms with Crippen molar-refractivity contribution in [3.8, 4) is 0 Å². The summed E-state index contributed by atoms with van der Waals surface area (Å²) in [6.45, 7) is 4.85. The third-order valence-electron chi connectivity index (χ3n) is 4.87. The van der Waals surface area contributed by atoms with Gasteiger partial charge in [0.1, 0.15) is 6.10 Å². The molecule has 1 aliphatic rings. The first-order valence-electron chi connectivity index (χ1n) is 9.00. The van der Waals surface area contributed by atoms with E-state index in [1.807, 2.05) is 6.92 Å². The van der Waals surface area contributed by atoms with Crippen molar-refractivity contribution in [2.45, 2.75) is 56.3 Å².